The van der Waals surface area contributed by atoms with E-state index in [4.69, 9.17) is 0 Å². The zero-order valence-corrected chi connectivity index (χ0v) is 13.0. The van der Waals surface area contributed by atoms with E-state index in [1.807, 2.05) is 20.8 Å². The summed E-state index contributed by atoms with van der Waals surface area (Å²) in [7, 11) is -3.54. The van der Waals surface area contributed by atoms with Gasteiger partial charge in [0.2, 0.25) is 10.0 Å². The van der Waals surface area contributed by atoms with Crippen molar-refractivity contribution >= 4 is 15.8 Å². The van der Waals surface area contributed by atoms with E-state index in [1.54, 1.807) is 30.3 Å². The minimum atomic E-state index is -3.54. The Balaban J connectivity index is 2.41. The van der Waals surface area contributed by atoms with E-state index in [9.17, 15) is 13.2 Å². The highest BCUT2D eigenvalue weighted by atomic mass is 32.2. The number of rotatable bonds is 2. The fourth-order valence-corrected chi connectivity index (χ4v) is 4.39. The minimum absolute atomic E-state index is 0.143. The average molecular weight is 295 g/mol. The highest BCUT2D eigenvalue weighted by Gasteiger charge is 2.41. The summed E-state index contributed by atoms with van der Waals surface area (Å²) in [5.74, 6) is 0.143. The van der Waals surface area contributed by atoms with E-state index < -0.39 is 10.0 Å². The summed E-state index contributed by atoms with van der Waals surface area (Å²) in [6.07, 6.45) is 0.605. The standard InChI is InChI=1S/C15H21NO3S/c1-15(2,3)14-11-12(17)9-10-16(14)20(18,19)13-7-5-4-6-8-13/h4-8,14H,9-11H2,1-3H3. The average Bonchev–Trinajstić information content (AvgIpc) is 2.38. The van der Waals surface area contributed by atoms with Crippen LogP contribution < -0.4 is 0 Å². The van der Waals surface area contributed by atoms with Gasteiger partial charge in [-0.2, -0.15) is 4.31 Å². The molecule has 4 nitrogen and oxygen atoms in total. The van der Waals surface area contributed by atoms with E-state index in [0.717, 1.165) is 0 Å². The Morgan fingerprint density at radius 3 is 2.30 bits per heavy atom. The molecule has 0 radical (unpaired) electrons. The van der Waals surface area contributed by atoms with Gasteiger partial charge in [0.05, 0.1) is 4.90 Å². The quantitative estimate of drug-likeness (QED) is 0.842. The minimum Gasteiger partial charge on any atom is -0.300 e. The van der Waals surface area contributed by atoms with Crippen LogP contribution in [0, 0.1) is 5.41 Å². The van der Waals surface area contributed by atoms with Crippen LogP contribution >= 0.6 is 0 Å². The molecule has 1 heterocycles. The van der Waals surface area contributed by atoms with Crippen LogP contribution in [-0.2, 0) is 14.8 Å². The van der Waals surface area contributed by atoms with Crippen molar-refractivity contribution in [1.82, 2.24) is 4.31 Å². The number of piperidine rings is 1. The monoisotopic (exact) mass is 295 g/mol. The van der Waals surface area contributed by atoms with Gasteiger partial charge in [0.25, 0.3) is 0 Å². The lowest BCUT2D eigenvalue weighted by molar-refractivity contribution is -0.123. The highest BCUT2D eigenvalue weighted by molar-refractivity contribution is 7.89. The third-order valence-corrected chi connectivity index (χ3v) is 5.65. The highest BCUT2D eigenvalue weighted by Crippen LogP contribution is 2.34. The zero-order valence-electron chi connectivity index (χ0n) is 12.2. The molecule has 1 aliphatic rings. The van der Waals surface area contributed by atoms with Gasteiger partial charge < -0.3 is 0 Å². The smallest absolute Gasteiger partial charge is 0.243 e. The van der Waals surface area contributed by atoms with Crippen molar-refractivity contribution in [3.8, 4) is 0 Å². The molecule has 5 heteroatoms. The number of carbonyl (C=O) groups excluding carboxylic acids is 1. The Hall–Kier alpha value is -1.20. The lowest BCUT2D eigenvalue weighted by Gasteiger charge is -2.41. The first-order chi connectivity index (χ1) is 9.23. The molecule has 20 heavy (non-hydrogen) atoms. The Morgan fingerprint density at radius 1 is 1.15 bits per heavy atom. The topological polar surface area (TPSA) is 54.5 Å². The maximum absolute atomic E-state index is 12.8. The molecule has 1 aromatic carbocycles. The van der Waals surface area contributed by atoms with E-state index in [0.29, 0.717) is 17.7 Å². The normalized spacial score (nSPS) is 21.9. The summed E-state index contributed by atoms with van der Waals surface area (Å²) in [6, 6.07) is 8.15. The van der Waals surface area contributed by atoms with Crippen LogP contribution in [0.5, 0.6) is 0 Å². The fourth-order valence-electron chi connectivity index (χ4n) is 2.56. The van der Waals surface area contributed by atoms with E-state index in [2.05, 4.69) is 0 Å². The molecule has 1 unspecified atom stereocenters. The van der Waals surface area contributed by atoms with Gasteiger partial charge >= 0.3 is 0 Å². The molecule has 0 spiro atoms. The second-order valence-corrected chi connectivity index (χ2v) is 8.19. The van der Waals surface area contributed by atoms with Gasteiger partial charge in [0, 0.05) is 25.4 Å². The number of ketones is 1. The van der Waals surface area contributed by atoms with Gasteiger partial charge in [-0.05, 0) is 17.5 Å². The van der Waals surface area contributed by atoms with Crippen LogP contribution in [0.15, 0.2) is 35.2 Å². The van der Waals surface area contributed by atoms with Crippen molar-refractivity contribution in [1.29, 1.82) is 0 Å². The summed E-state index contributed by atoms with van der Waals surface area (Å²) >= 11 is 0. The predicted octanol–water partition coefficient (Wildman–Crippen LogP) is 2.45. The molecule has 0 aliphatic carbocycles. The van der Waals surface area contributed by atoms with Crippen LogP contribution in [0.1, 0.15) is 33.6 Å². The Labute approximate surface area is 120 Å². The summed E-state index contributed by atoms with van der Waals surface area (Å²) in [5.41, 5.74) is -0.266. The molecule has 0 N–H and O–H groups in total. The van der Waals surface area contributed by atoms with Gasteiger partial charge in [0.1, 0.15) is 5.78 Å². The van der Waals surface area contributed by atoms with Gasteiger partial charge in [0.15, 0.2) is 0 Å². The first-order valence-corrected chi connectivity index (χ1v) is 8.25. The molecule has 2 rings (SSSR count). The third-order valence-electron chi connectivity index (χ3n) is 3.73. The molecule has 0 bridgehead atoms. The summed E-state index contributed by atoms with van der Waals surface area (Å²) in [4.78, 5) is 12.0. The number of nitrogens with zero attached hydrogens (tertiary/aromatic N) is 1. The summed E-state index contributed by atoms with van der Waals surface area (Å²) in [5, 5.41) is 0. The Kier molecular flexibility index (Phi) is 4.02. The first kappa shape index (κ1) is 15.2. The number of carbonyl (C=O) groups is 1. The van der Waals surface area contributed by atoms with Crippen LogP contribution in [0.2, 0.25) is 0 Å². The second-order valence-electron chi connectivity index (χ2n) is 6.30. The molecule has 1 aromatic rings. The maximum atomic E-state index is 12.8. The zero-order chi connectivity index (χ0) is 15.0. The SMILES string of the molecule is CC(C)(C)C1CC(=O)CCN1S(=O)(=O)c1ccccc1. The van der Waals surface area contributed by atoms with E-state index in [1.165, 1.54) is 4.31 Å². The van der Waals surface area contributed by atoms with Crippen molar-refractivity contribution in [2.45, 2.75) is 44.6 Å². The summed E-state index contributed by atoms with van der Waals surface area (Å²) < 4.78 is 27.0. The predicted molar refractivity (Wildman–Crippen MR) is 77.8 cm³/mol. The molecule has 110 valence electrons. The van der Waals surface area contributed by atoms with Gasteiger partial charge in [-0.15, -0.1) is 0 Å². The largest absolute Gasteiger partial charge is 0.300 e. The van der Waals surface area contributed by atoms with Gasteiger partial charge in [-0.3, -0.25) is 4.79 Å². The van der Waals surface area contributed by atoms with Crippen LogP contribution in [0.3, 0.4) is 0 Å². The molecule has 1 saturated heterocycles. The van der Waals surface area contributed by atoms with Gasteiger partial charge in [-0.25, -0.2) is 8.42 Å². The molecule has 0 saturated carbocycles. The number of hydrogen-bond donors (Lipinski definition) is 0. The molecular weight excluding hydrogens is 274 g/mol. The maximum Gasteiger partial charge on any atom is 0.243 e. The molecule has 1 atom stereocenters. The summed E-state index contributed by atoms with van der Waals surface area (Å²) in [6.45, 7) is 6.20. The molecule has 0 aromatic heterocycles. The second kappa shape index (κ2) is 5.30. The fraction of sp³-hybridized carbons (Fsp3) is 0.533. The van der Waals surface area contributed by atoms with Crippen molar-refractivity contribution in [2.24, 2.45) is 5.41 Å². The van der Waals surface area contributed by atoms with Crippen LogP contribution in [0.25, 0.3) is 0 Å². The van der Waals surface area contributed by atoms with Crippen LogP contribution in [-0.4, -0.2) is 31.1 Å². The van der Waals surface area contributed by atoms with E-state index in [-0.39, 0.29) is 23.8 Å². The van der Waals surface area contributed by atoms with Crippen LogP contribution in [0.4, 0.5) is 0 Å². The molecule has 1 fully saturated rings. The number of sulfonamides is 1. The number of benzene rings is 1. The lowest BCUT2D eigenvalue weighted by atomic mass is 9.81. The molecular formula is C15H21NO3S. The van der Waals surface area contributed by atoms with Crippen molar-refractivity contribution in [2.75, 3.05) is 6.54 Å². The van der Waals surface area contributed by atoms with Crippen molar-refractivity contribution in [3.05, 3.63) is 30.3 Å². The number of hydrogen-bond acceptors (Lipinski definition) is 3. The van der Waals surface area contributed by atoms with E-state index >= 15 is 0 Å². The number of Topliss-reactive ketones (excluding diaryl/α,β-unsaturated/α-hetero) is 1. The van der Waals surface area contributed by atoms with Crippen molar-refractivity contribution in [3.63, 3.8) is 0 Å². The van der Waals surface area contributed by atoms with Gasteiger partial charge in [-0.1, -0.05) is 39.0 Å². The Morgan fingerprint density at radius 2 is 1.75 bits per heavy atom. The molecule has 0 amide bonds. The molecule has 1 aliphatic heterocycles. The lowest BCUT2D eigenvalue weighted by Crippen LogP contribution is -2.52. The van der Waals surface area contributed by atoms with Crippen molar-refractivity contribution < 1.29 is 13.2 Å². The first-order valence-electron chi connectivity index (χ1n) is 6.81. The third kappa shape index (κ3) is 2.94. The Bertz CT molecular complexity index is 587.